The maximum atomic E-state index is 8.87. The molecular weight excluding hydrogens is 192 g/mol. The predicted molar refractivity (Wildman–Crippen MR) is 56.0 cm³/mol. The molecule has 0 bridgehead atoms. The van der Waals surface area contributed by atoms with Gasteiger partial charge in [0, 0.05) is 12.0 Å². The summed E-state index contributed by atoms with van der Waals surface area (Å²) in [6.07, 6.45) is 4.89. The maximum absolute atomic E-state index is 8.87. The Balaban J connectivity index is 2.38. The first kappa shape index (κ1) is 10.4. The fourth-order valence-corrected chi connectivity index (χ4v) is 1.99. The average molecular weight is 208 g/mol. The molecule has 0 spiro atoms. The van der Waals surface area contributed by atoms with Crippen molar-refractivity contribution in [3.05, 3.63) is 17.1 Å². The summed E-state index contributed by atoms with van der Waals surface area (Å²) < 4.78 is 5.27. The highest BCUT2D eigenvalue weighted by molar-refractivity contribution is 5.33. The third-order valence-corrected chi connectivity index (χ3v) is 2.72. The quantitative estimate of drug-likeness (QED) is 0.801. The monoisotopic (exact) mass is 208 g/mol. The van der Waals surface area contributed by atoms with Crippen molar-refractivity contribution in [1.82, 2.24) is 9.97 Å². The number of hydrogen-bond acceptors (Lipinski definition) is 4. The highest BCUT2D eigenvalue weighted by atomic mass is 16.5. The van der Waals surface area contributed by atoms with E-state index in [-0.39, 0.29) is 6.61 Å². The molecular formula is C11H16N2O2. The van der Waals surface area contributed by atoms with Crippen LogP contribution in [0.5, 0.6) is 5.88 Å². The minimum atomic E-state index is 0.0853. The van der Waals surface area contributed by atoms with E-state index < -0.39 is 0 Å². The van der Waals surface area contributed by atoms with Crippen LogP contribution >= 0.6 is 0 Å². The van der Waals surface area contributed by atoms with Crippen molar-refractivity contribution in [3.8, 4) is 5.88 Å². The van der Waals surface area contributed by atoms with Crippen LogP contribution in [0, 0.1) is 0 Å². The highest BCUT2D eigenvalue weighted by Crippen LogP contribution is 2.26. The summed E-state index contributed by atoms with van der Waals surface area (Å²) in [4.78, 5) is 8.76. The van der Waals surface area contributed by atoms with Gasteiger partial charge in [0.2, 0.25) is 5.88 Å². The molecule has 4 nitrogen and oxygen atoms in total. The first-order valence-electron chi connectivity index (χ1n) is 5.38. The zero-order valence-corrected chi connectivity index (χ0v) is 8.99. The van der Waals surface area contributed by atoms with E-state index in [1.165, 1.54) is 12.8 Å². The average Bonchev–Trinajstić information content (AvgIpc) is 2.28. The van der Waals surface area contributed by atoms with Gasteiger partial charge in [-0.1, -0.05) is 0 Å². The SMILES string of the molecule is COc1nc(CCO)nc2c1CCCC2. The van der Waals surface area contributed by atoms with Gasteiger partial charge in [-0.15, -0.1) is 0 Å². The molecule has 0 saturated heterocycles. The van der Waals surface area contributed by atoms with E-state index in [4.69, 9.17) is 9.84 Å². The Morgan fingerprint density at radius 2 is 2.07 bits per heavy atom. The fraction of sp³-hybridized carbons (Fsp3) is 0.636. The standard InChI is InChI=1S/C11H16N2O2/c1-15-11-8-4-2-3-5-9(8)12-10(13-11)6-7-14/h14H,2-7H2,1H3. The minimum absolute atomic E-state index is 0.0853. The molecule has 0 aliphatic heterocycles. The Kier molecular flexibility index (Phi) is 3.16. The summed E-state index contributed by atoms with van der Waals surface area (Å²) in [7, 11) is 1.64. The smallest absolute Gasteiger partial charge is 0.219 e. The Hall–Kier alpha value is -1.16. The molecule has 1 aromatic rings. The van der Waals surface area contributed by atoms with Gasteiger partial charge in [-0.3, -0.25) is 0 Å². The topological polar surface area (TPSA) is 55.2 Å². The van der Waals surface area contributed by atoms with Crippen molar-refractivity contribution in [3.63, 3.8) is 0 Å². The number of aryl methyl sites for hydroxylation is 1. The number of nitrogens with zero attached hydrogens (tertiary/aromatic N) is 2. The van der Waals surface area contributed by atoms with Gasteiger partial charge in [0.05, 0.1) is 19.4 Å². The summed E-state index contributed by atoms with van der Waals surface area (Å²) in [5.74, 6) is 1.39. The number of rotatable bonds is 3. The second-order valence-corrected chi connectivity index (χ2v) is 3.76. The van der Waals surface area contributed by atoms with E-state index in [9.17, 15) is 0 Å². The second-order valence-electron chi connectivity index (χ2n) is 3.76. The molecule has 1 aromatic heterocycles. The van der Waals surface area contributed by atoms with Crippen molar-refractivity contribution >= 4 is 0 Å². The van der Waals surface area contributed by atoms with Gasteiger partial charge in [0.1, 0.15) is 5.82 Å². The van der Waals surface area contributed by atoms with E-state index in [0.717, 1.165) is 24.1 Å². The molecule has 1 heterocycles. The minimum Gasteiger partial charge on any atom is -0.481 e. The van der Waals surface area contributed by atoms with E-state index in [2.05, 4.69) is 9.97 Å². The van der Waals surface area contributed by atoms with Gasteiger partial charge in [-0.25, -0.2) is 4.98 Å². The molecule has 0 amide bonds. The van der Waals surface area contributed by atoms with Crippen molar-refractivity contribution in [2.75, 3.05) is 13.7 Å². The van der Waals surface area contributed by atoms with Crippen molar-refractivity contribution in [2.24, 2.45) is 0 Å². The van der Waals surface area contributed by atoms with E-state index in [0.29, 0.717) is 18.1 Å². The highest BCUT2D eigenvalue weighted by Gasteiger charge is 2.17. The Labute approximate surface area is 89.3 Å². The second kappa shape index (κ2) is 4.57. The molecule has 0 radical (unpaired) electrons. The van der Waals surface area contributed by atoms with Crippen molar-refractivity contribution < 1.29 is 9.84 Å². The maximum Gasteiger partial charge on any atom is 0.219 e. The molecule has 2 rings (SSSR count). The van der Waals surface area contributed by atoms with E-state index in [1.54, 1.807) is 7.11 Å². The summed E-state index contributed by atoms with van der Waals surface area (Å²) in [5, 5.41) is 8.87. The molecule has 1 N–H and O–H groups in total. The molecule has 4 heteroatoms. The normalized spacial score (nSPS) is 14.8. The zero-order valence-electron chi connectivity index (χ0n) is 8.99. The van der Waals surface area contributed by atoms with E-state index >= 15 is 0 Å². The number of aliphatic hydroxyl groups excluding tert-OH is 1. The van der Waals surface area contributed by atoms with Crippen molar-refractivity contribution in [2.45, 2.75) is 32.1 Å². The lowest BCUT2D eigenvalue weighted by Crippen LogP contribution is -2.12. The number of methoxy groups -OCH3 is 1. The molecule has 0 unspecified atom stereocenters. The number of hydrogen-bond donors (Lipinski definition) is 1. The van der Waals surface area contributed by atoms with E-state index in [1.807, 2.05) is 0 Å². The summed E-state index contributed by atoms with van der Waals surface area (Å²) in [6, 6.07) is 0. The Morgan fingerprint density at radius 1 is 1.27 bits per heavy atom. The number of fused-ring (bicyclic) bond motifs is 1. The molecule has 82 valence electrons. The van der Waals surface area contributed by atoms with Crippen LogP contribution in [0.3, 0.4) is 0 Å². The van der Waals surface area contributed by atoms with Crippen LogP contribution in [0.4, 0.5) is 0 Å². The molecule has 0 fully saturated rings. The molecule has 0 atom stereocenters. The molecule has 1 aliphatic rings. The van der Waals surface area contributed by atoms with Crippen LogP contribution in [-0.4, -0.2) is 28.8 Å². The summed E-state index contributed by atoms with van der Waals surface area (Å²) >= 11 is 0. The van der Waals surface area contributed by atoms with Gasteiger partial charge in [0.15, 0.2) is 0 Å². The van der Waals surface area contributed by atoms with Crippen LogP contribution < -0.4 is 4.74 Å². The van der Waals surface area contributed by atoms with Gasteiger partial charge in [-0.05, 0) is 25.7 Å². The van der Waals surface area contributed by atoms with Crippen LogP contribution in [0.1, 0.15) is 29.9 Å². The molecule has 15 heavy (non-hydrogen) atoms. The van der Waals surface area contributed by atoms with Crippen LogP contribution in [-0.2, 0) is 19.3 Å². The lowest BCUT2D eigenvalue weighted by molar-refractivity contribution is 0.295. The number of aliphatic hydroxyl groups is 1. The predicted octanol–water partition coefficient (Wildman–Crippen LogP) is 0.899. The Morgan fingerprint density at radius 3 is 2.80 bits per heavy atom. The first-order chi connectivity index (χ1) is 7.35. The van der Waals surface area contributed by atoms with Crippen LogP contribution in [0.15, 0.2) is 0 Å². The van der Waals surface area contributed by atoms with Crippen molar-refractivity contribution in [1.29, 1.82) is 0 Å². The molecule has 1 aliphatic carbocycles. The van der Waals surface area contributed by atoms with Gasteiger partial charge in [-0.2, -0.15) is 4.98 Å². The van der Waals surface area contributed by atoms with Crippen LogP contribution in [0.2, 0.25) is 0 Å². The van der Waals surface area contributed by atoms with Gasteiger partial charge < -0.3 is 9.84 Å². The first-order valence-corrected chi connectivity index (χ1v) is 5.38. The third kappa shape index (κ3) is 2.09. The van der Waals surface area contributed by atoms with Gasteiger partial charge in [0.25, 0.3) is 0 Å². The Bertz CT molecular complexity index is 335. The number of aromatic nitrogens is 2. The summed E-state index contributed by atoms with van der Waals surface area (Å²) in [5.41, 5.74) is 2.27. The summed E-state index contributed by atoms with van der Waals surface area (Å²) in [6.45, 7) is 0.0853. The van der Waals surface area contributed by atoms with Crippen LogP contribution in [0.25, 0.3) is 0 Å². The molecule has 0 aromatic carbocycles. The lowest BCUT2D eigenvalue weighted by atomic mass is 9.97. The third-order valence-electron chi connectivity index (χ3n) is 2.72. The van der Waals surface area contributed by atoms with Gasteiger partial charge >= 0.3 is 0 Å². The number of ether oxygens (including phenoxy) is 1. The lowest BCUT2D eigenvalue weighted by Gasteiger charge is -2.17. The largest absolute Gasteiger partial charge is 0.481 e. The zero-order chi connectivity index (χ0) is 10.7. The fourth-order valence-electron chi connectivity index (χ4n) is 1.99. The molecule has 0 saturated carbocycles.